The van der Waals surface area contributed by atoms with Gasteiger partial charge in [0.25, 0.3) is 11.8 Å². The number of hydrogen-bond donors (Lipinski definition) is 3. The van der Waals surface area contributed by atoms with Gasteiger partial charge >= 0.3 is 0 Å². The van der Waals surface area contributed by atoms with Gasteiger partial charge < -0.3 is 10.6 Å². The summed E-state index contributed by atoms with van der Waals surface area (Å²) < 4.78 is 13.6. The van der Waals surface area contributed by atoms with E-state index < -0.39 is 11.7 Å². The fourth-order valence-electron chi connectivity index (χ4n) is 2.16. The van der Waals surface area contributed by atoms with Crippen LogP contribution in [-0.2, 0) is 0 Å². The molecule has 0 radical (unpaired) electrons. The van der Waals surface area contributed by atoms with Crippen molar-refractivity contribution in [3.63, 3.8) is 0 Å². The van der Waals surface area contributed by atoms with E-state index >= 15 is 0 Å². The van der Waals surface area contributed by atoms with E-state index in [2.05, 4.69) is 22.9 Å². The summed E-state index contributed by atoms with van der Waals surface area (Å²) in [6, 6.07) is 12.3. The number of carbonyl (C=O) groups excluding carboxylic acids is 2. The van der Waals surface area contributed by atoms with Crippen molar-refractivity contribution in [1.82, 2.24) is 10.6 Å². The molecule has 0 aliphatic heterocycles. The zero-order chi connectivity index (χ0) is 18.9. The fourth-order valence-corrected chi connectivity index (χ4v) is 2.37. The van der Waals surface area contributed by atoms with Crippen molar-refractivity contribution < 1.29 is 14.0 Å². The predicted octanol–water partition coefficient (Wildman–Crippen LogP) is 3.48. The van der Waals surface area contributed by atoms with Crippen LogP contribution in [0.1, 0.15) is 40.5 Å². The van der Waals surface area contributed by atoms with Gasteiger partial charge in [0.1, 0.15) is 5.82 Å². The number of hydrogen-bond acceptors (Lipinski definition) is 3. The maximum atomic E-state index is 13.6. The Morgan fingerprint density at radius 2 is 1.73 bits per heavy atom. The van der Waals surface area contributed by atoms with Crippen molar-refractivity contribution in [3.8, 4) is 0 Å². The average molecular weight is 373 g/mol. The van der Waals surface area contributed by atoms with Crippen LogP contribution in [0, 0.1) is 5.82 Å². The SMILES string of the molecule is CCCCNC(=O)c1ccc(NC(=S)NC(=O)c2ccccc2F)cc1. The summed E-state index contributed by atoms with van der Waals surface area (Å²) in [6.45, 7) is 2.70. The Balaban J connectivity index is 1.90. The number of halogens is 1. The molecule has 0 aliphatic carbocycles. The molecular weight excluding hydrogens is 353 g/mol. The zero-order valence-electron chi connectivity index (χ0n) is 14.3. The Bertz CT molecular complexity index is 794. The molecule has 2 aromatic carbocycles. The van der Waals surface area contributed by atoms with Gasteiger partial charge in [0.15, 0.2) is 5.11 Å². The van der Waals surface area contributed by atoms with Gasteiger partial charge in [-0.3, -0.25) is 14.9 Å². The monoisotopic (exact) mass is 373 g/mol. The minimum atomic E-state index is -0.632. The molecule has 136 valence electrons. The van der Waals surface area contributed by atoms with Crippen LogP contribution in [0.25, 0.3) is 0 Å². The first-order valence-corrected chi connectivity index (χ1v) is 8.67. The molecule has 3 N–H and O–H groups in total. The fraction of sp³-hybridized carbons (Fsp3) is 0.211. The number of benzene rings is 2. The van der Waals surface area contributed by atoms with Crippen LogP contribution in [0.15, 0.2) is 48.5 Å². The summed E-state index contributed by atoms with van der Waals surface area (Å²) in [5, 5.41) is 8.12. The van der Waals surface area contributed by atoms with Crippen LogP contribution in [0.2, 0.25) is 0 Å². The largest absolute Gasteiger partial charge is 0.352 e. The third kappa shape index (κ3) is 5.63. The van der Waals surface area contributed by atoms with Crippen LogP contribution < -0.4 is 16.0 Å². The van der Waals surface area contributed by atoms with Crippen LogP contribution >= 0.6 is 12.2 Å². The van der Waals surface area contributed by atoms with Gasteiger partial charge in [0.05, 0.1) is 5.56 Å². The van der Waals surface area contributed by atoms with Gasteiger partial charge in [-0.1, -0.05) is 25.5 Å². The van der Waals surface area contributed by atoms with Crippen LogP contribution in [0.5, 0.6) is 0 Å². The van der Waals surface area contributed by atoms with Gasteiger partial charge in [0, 0.05) is 17.8 Å². The lowest BCUT2D eigenvalue weighted by Crippen LogP contribution is -2.34. The summed E-state index contributed by atoms with van der Waals surface area (Å²) in [6.07, 6.45) is 1.94. The van der Waals surface area contributed by atoms with E-state index in [9.17, 15) is 14.0 Å². The summed E-state index contributed by atoms with van der Waals surface area (Å²) in [5.41, 5.74) is 1.05. The quantitative estimate of drug-likeness (QED) is 0.536. The number of anilines is 1. The summed E-state index contributed by atoms with van der Waals surface area (Å²) in [5.74, 6) is -1.39. The molecule has 0 fully saturated rings. The number of carbonyl (C=O) groups is 2. The molecule has 0 aromatic heterocycles. The van der Waals surface area contributed by atoms with Crippen molar-refractivity contribution >= 4 is 34.8 Å². The highest BCUT2D eigenvalue weighted by Crippen LogP contribution is 2.10. The molecule has 0 spiro atoms. The maximum absolute atomic E-state index is 13.6. The van der Waals surface area contributed by atoms with E-state index in [1.165, 1.54) is 18.2 Å². The first kappa shape index (κ1) is 19.5. The maximum Gasteiger partial charge on any atom is 0.260 e. The zero-order valence-corrected chi connectivity index (χ0v) is 15.2. The molecular formula is C19H20FN3O2S. The first-order chi connectivity index (χ1) is 12.5. The highest BCUT2D eigenvalue weighted by Gasteiger charge is 2.12. The second-order valence-corrected chi connectivity index (χ2v) is 5.98. The third-order valence-electron chi connectivity index (χ3n) is 3.57. The van der Waals surface area contributed by atoms with Crippen LogP contribution in [0.3, 0.4) is 0 Å². The molecule has 0 aliphatic rings. The molecule has 2 amide bonds. The highest BCUT2D eigenvalue weighted by atomic mass is 32.1. The molecule has 5 nitrogen and oxygen atoms in total. The van der Waals surface area contributed by atoms with E-state index in [-0.39, 0.29) is 16.6 Å². The molecule has 26 heavy (non-hydrogen) atoms. The van der Waals surface area contributed by atoms with Crippen molar-refractivity contribution in [3.05, 3.63) is 65.5 Å². The topological polar surface area (TPSA) is 70.2 Å². The van der Waals surface area contributed by atoms with Gasteiger partial charge in [-0.05, 0) is 55.0 Å². The molecule has 7 heteroatoms. The molecule has 2 rings (SSSR count). The van der Waals surface area contributed by atoms with Gasteiger partial charge in [-0.2, -0.15) is 0 Å². The number of rotatable bonds is 6. The van der Waals surface area contributed by atoms with E-state index in [1.54, 1.807) is 30.3 Å². The summed E-state index contributed by atoms with van der Waals surface area (Å²) >= 11 is 5.07. The van der Waals surface area contributed by atoms with Crippen molar-refractivity contribution in [1.29, 1.82) is 0 Å². The van der Waals surface area contributed by atoms with Crippen molar-refractivity contribution in [2.24, 2.45) is 0 Å². The van der Waals surface area contributed by atoms with E-state index in [4.69, 9.17) is 12.2 Å². The molecule has 2 aromatic rings. The van der Waals surface area contributed by atoms with Crippen LogP contribution in [0.4, 0.5) is 10.1 Å². The Kier molecular flexibility index (Phi) is 7.23. The second-order valence-electron chi connectivity index (χ2n) is 5.57. The lowest BCUT2D eigenvalue weighted by molar-refractivity contribution is 0.0950. The van der Waals surface area contributed by atoms with E-state index in [0.717, 1.165) is 12.8 Å². The Morgan fingerprint density at radius 1 is 1.04 bits per heavy atom. The Labute approximate surface area is 157 Å². The minimum Gasteiger partial charge on any atom is -0.352 e. The lowest BCUT2D eigenvalue weighted by atomic mass is 10.2. The number of nitrogens with one attached hydrogen (secondary N) is 3. The third-order valence-corrected chi connectivity index (χ3v) is 3.77. The molecule has 0 saturated heterocycles. The Morgan fingerprint density at radius 3 is 2.38 bits per heavy atom. The van der Waals surface area contributed by atoms with Gasteiger partial charge in [-0.15, -0.1) is 0 Å². The summed E-state index contributed by atoms with van der Waals surface area (Å²) in [7, 11) is 0. The standard InChI is InChI=1S/C19H20FN3O2S/c1-2-3-12-21-17(24)13-8-10-14(11-9-13)22-19(26)23-18(25)15-6-4-5-7-16(15)20/h4-11H,2-3,12H2,1H3,(H,21,24)(H2,22,23,25,26). The number of thiocarbonyl (C=S) groups is 1. The normalized spacial score (nSPS) is 10.1. The van der Waals surface area contributed by atoms with E-state index in [1.807, 2.05) is 0 Å². The molecule has 0 atom stereocenters. The average Bonchev–Trinajstić information content (AvgIpc) is 2.62. The lowest BCUT2D eigenvalue weighted by Gasteiger charge is -2.10. The number of amides is 2. The van der Waals surface area contributed by atoms with Gasteiger partial charge in [-0.25, -0.2) is 4.39 Å². The summed E-state index contributed by atoms with van der Waals surface area (Å²) in [4.78, 5) is 23.9. The van der Waals surface area contributed by atoms with Crippen molar-refractivity contribution in [2.45, 2.75) is 19.8 Å². The van der Waals surface area contributed by atoms with Crippen LogP contribution in [-0.4, -0.2) is 23.5 Å². The Hall–Kier alpha value is -2.80. The second kappa shape index (κ2) is 9.62. The first-order valence-electron chi connectivity index (χ1n) is 8.26. The molecule has 0 saturated carbocycles. The number of unbranched alkanes of at least 4 members (excludes halogenated alkanes) is 1. The van der Waals surface area contributed by atoms with E-state index in [0.29, 0.717) is 17.8 Å². The predicted molar refractivity (Wildman–Crippen MR) is 104 cm³/mol. The smallest absolute Gasteiger partial charge is 0.260 e. The molecule has 0 heterocycles. The highest BCUT2D eigenvalue weighted by molar-refractivity contribution is 7.80. The molecule has 0 unspecified atom stereocenters. The molecule has 0 bridgehead atoms. The van der Waals surface area contributed by atoms with Gasteiger partial charge in [0.2, 0.25) is 0 Å². The van der Waals surface area contributed by atoms with Crippen molar-refractivity contribution in [2.75, 3.05) is 11.9 Å². The minimum absolute atomic E-state index is 0.0402.